The van der Waals surface area contributed by atoms with E-state index in [4.69, 9.17) is 9.47 Å². The molecule has 4 fully saturated rings. The van der Waals surface area contributed by atoms with Gasteiger partial charge in [-0.05, 0) is 31.2 Å². The largest absolute Gasteiger partial charge is 0.396 e. The first-order chi connectivity index (χ1) is 18.3. The number of carbonyl (C=O) groups excluding carboxylic acids is 3. The van der Waals surface area contributed by atoms with Crippen molar-refractivity contribution in [2.45, 2.75) is 50.5 Å². The minimum Gasteiger partial charge on any atom is -0.396 e. The number of morpholine rings is 1. The molecular formula is C28H40N4O6. The number of likely N-dealkylation sites (tertiary alicyclic amines) is 1. The lowest BCUT2D eigenvalue weighted by Gasteiger charge is -2.36. The maximum Gasteiger partial charge on any atom is 0.245 e. The molecule has 4 heterocycles. The number of amides is 3. The Balaban J connectivity index is 1.37. The number of rotatable bonds is 10. The third-order valence-corrected chi connectivity index (χ3v) is 9.04. The number of fused-ring (bicyclic) bond motifs is 1. The number of hydrogen-bond acceptors (Lipinski definition) is 7. The van der Waals surface area contributed by atoms with Crippen LogP contribution in [0.2, 0.25) is 0 Å². The summed E-state index contributed by atoms with van der Waals surface area (Å²) in [4.78, 5) is 45.1. The molecule has 0 aliphatic carbocycles. The van der Waals surface area contributed by atoms with Gasteiger partial charge in [-0.2, -0.15) is 0 Å². The van der Waals surface area contributed by atoms with Crippen LogP contribution in [0.5, 0.6) is 0 Å². The molecule has 5 rings (SSSR count). The van der Waals surface area contributed by atoms with Gasteiger partial charge in [0.2, 0.25) is 17.7 Å². The third kappa shape index (κ3) is 4.61. The van der Waals surface area contributed by atoms with Gasteiger partial charge in [0, 0.05) is 45.9 Å². The lowest BCUT2D eigenvalue weighted by atomic mass is 9.62. The summed E-state index contributed by atoms with van der Waals surface area (Å²) in [6.45, 7) is 8.61. The van der Waals surface area contributed by atoms with Crippen molar-refractivity contribution in [3.63, 3.8) is 0 Å². The topological polar surface area (TPSA) is 120 Å². The summed E-state index contributed by atoms with van der Waals surface area (Å²) in [7, 11) is 0. The predicted octanol–water partition coefficient (Wildman–Crippen LogP) is 0.144. The molecule has 38 heavy (non-hydrogen) atoms. The molecule has 208 valence electrons. The quantitative estimate of drug-likeness (QED) is 0.395. The molecule has 6 atom stereocenters. The molecule has 10 heteroatoms. The van der Waals surface area contributed by atoms with Gasteiger partial charge in [-0.15, -0.1) is 0 Å². The van der Waals surface area contributed by atoms with Crippen LogP contribution in [-0.2, 0) is 30.4 Å². The molecule has 1 aromatic rings. The third-order valence-electron chi connectivity index (χ3n) is 9.04. The number of aliphatic hydroxyl groups excluding tert-OH is 1. The van der Waals surface area contributed by atoms with Crippen LogP contribution in [0, 0.1) is 17.8 Å². The standard InChI is InChI=1S/C28H40N4O6/c1-19-17-28-22(21(27(19,2)38-28)24(34)30-18-20-7-4-3-5-8-20)26(36)32(10-6-14-33)23(28)25(35)29-9-11-31-12-15-37-16-13-31/h3-5,7-8,19,21-23,33H,6,9-18H2,1-2H3,(H,29,35)(H,30,34)/t19?,21-,22-,23?,27+,28?/m0/s1. The van der Waals surface area contributed by atoms with E-state index in [1.807, 2.05) is 44.2 Å². The molecule has 0 radical (unpaired) electrons. The van der Waals surface area contributed by atoms with Gasteiger partial charge in [0.15, 0.2) is 0 Å². The van der Waals surface area contributed by atoms with E-state index in [0.29, 0.717) is 45.7 Å². The van der Waals surface area contributed by atoms with E-state index in [0.717, 1.165) is 18.7 Å². The molecule has 2 bridgehead atoms. The molecule has 3 N–H and O–H groups in total. The van der Waals surface area contributed by atoms with E-state index >= 15 is 0 Å². The highest BCUT2D eigenvalue weighted by molar-refractivity contribution is 5.99. The summed E-state index contributed by atoms with van der Waals surface area (Å²) >= 11 is 0. The Hall–Kier alpha value is -2.53. The van der Waals surface area contributed by atoms with Crippen molar-refractivity contribution in [1.82, 2.24) is 20.4 Å². The molecular weight excluding hydrogens is 488 g/mol. The average molecular weight is 529 g/mol. The van der Waals surface area contributed by atoms with Gasteiger partial charge in [0.05, 0.1) is 30.7 Å². The van der Waals surface area contributed by atoms with E-state index < -0.39 is 29.1 Å². The maximum absolute atomic E-state index is 13.9. The van der Waals surface area contributed by atoms with Crippen molar-refractivity contribution >= 4 is 17.7 Å². The molecule has 1 aromatic carbocycles. The summed E-state index contributed by atoms with van der Waals surface area (Å²) in [6, 6.07) is 8.81. The van der Waals surface area contributed by atoms with E-state index in [-0.39, 0.29) is 36.8 Å². The zero-order chi connectivity index (χ0) is 26.9. The smallest absolute Gasteiger partial charge is 0.245 e. The molecule has 4 aliphatic rings. The van der Waals surface area contributed by atoms with Crippen molar-refractivity contribution in [3.05, 3.63) is 35.9 Å². The molecule has 3 amide bonds. The predicted molar refractivity (Wildman–Crippen MR) is 139 cm³/mol. The number of benzene rings is 1. The van der Waals surface area contributed by atoms with Crippen LogP contribution in [0.4, 0.5) is 0 Å². The highest BCUT2D eigenvalue weighted by Gasteiger charge is 2.79. The first-order valence-corrected chi connectivity index (χ1v) is 13.8. The molecule has 10 nitrogen and oxygen atoms in total. The second kappa shape index (κ2) is 10.9. The number of ether oxygens (including phenoxy) is 2. The first kappa shape index (κ1) is 27.1. The Morgan fingerprint density at radius 1 is 1.11 bits per heavy atom. The Kier molecular flexibility index (Phi) is 7.77. The maximum atomic E-state index is 13.9. The number of nitrogens with one attached hydrogen (secondary N) is 2. The molecule has 4 aliphatic heterocycles. The normalized spacial score (nSPS) is 34.4. The summed E-state index contributed by atoms with van der Waals surface area (Å²) in [6.07, 6.45) is 0.878. The van der Waals surface area contributed by atoms with Crippen molar-refractivity contribution in [1.29, 1.82) is 0 Å². The molecule has 1 spiro atoms. The van der Waals surface area contributed by atoms with Gasteiger partial charge >= 0.3 is 0 Å². The highest BCUT2D eigenvalue weighted by Crippen LogP contribution is 2.65. The minimum atomic E-state index is -1.07. The fourth-order valence-electron chi connectivity index (χ4n) is 7.07. The van der Waals surface area contributed by atoms with Crippen LogP contribution >= 0.6 is 0 Å². The van der Waals surface area contributed by atoms with Crippen LogP contribution in [0.3, 0.4) is 0 Å². The Morgan fingerprint density at radius 3 is 2.55 bits per heavy atom. The number of carbonyl (C=O) groups is 3. The van der Waals surface area contributed by atoms with Crippen LogP contribution in [-0.4, -0.2) is 102 Å². The van der Waals surface area contributed by atoms with Crippen LogP contribution in [0.25, 0.3) is 0 Å². The van der Waals surface area contributed by atoms with Gasteiger partial charge in [0.25, 0.3) is 0 Å². The zero-order valence-corrected chi connectivity index (χ0v) is 22.4. The Bertz CT molecular complexity index is 1030. The van der Waals surface area contributed by atoms with Crippen LogP contribution < -0.4 is 10.6 Å². The lowest BCUT2D eigenvalue weighted by molar-refractivity contribution is -0.147. The van der Waals surface area contributed by atoms with Crippen LogP contribution in [0.15, 0.2) is 30.3 Å². The van der Waals surface area contributed by atoms with Crippen molar-refractivity contribution in [2.75, 3.05) is 52.5 Å². The molecule has 4 saturated heterocycles. The zero-order valence-electron chi connectivity index (χ0n) is 22.4. The van der Waals surface area contributed by atoms with Crippen LogP contribution in [0.1, 0.15) is 32.3 Å². The average Bonchev–Trinajstić information content (AvgIpc) is 3.43. The number of nitrogens with zero attached hydrogens (tertiary/aromatic N) is 2. The summed E-state index contributed by atoms with van der Waals surface area (Å²) in [5.74, 6) is -2.17. The summed E-state index contributed by atoms with van der Waals surface area (Å²) < 4.78 is 12.1. The van der Waals surface area contributed by atoms with Gasteiger partial charge < -0.3 is 30.1 Å². The Labute approximate surface area is 224 Å². The Morgan fingerprint density at radius 2 is 1.84 bits per heavy atom. The van der Waals surface area contributed by atoms with Crippen molar-refractivity contribution in [2.24, 2.45) is 17.8 Å². The first-order valence-electron chi connectivity index (χ1n) is 13.8. The van der Waals surface area contributed by atoms with Gasteiger partial charge in [-0.25, -0.2) is 0 Å². The fraction of sp³-hybridized carbons (Fsp3) is 0.679. The van der Waals surface area contributed by atoms with Crippen molar-refractivity contribution in [3.8, 4) is 0 Å². The lowest BCUT2D eigenvalue weighted by Crippen LogP contribution is -2.56. The monoisotopic (exact) mass is 528 g/mol. The number of hydrogen-bond donors (Lipinski definition) is 3. The van der Waals surface area contributed by atoms with E-state index in [2.05, 4.69) is 15.5 Å². The highest BCUT2D eigenvalue weighted by atomic mass is 16.5. The summed E-state index contributed by atoms with van der Waals surface area (Å²) in [5, 5.41) is 15.6. The molecule has 0 saturated carbocycles. The SMILES string of the molecule is CC1CC23O[C@@]1(C)[C@H](C(=O)NCc1ccccc1)[C@H]2C(=O)N(CCCO)C3C(=O)NCCN1CCOCC1. The summed E-state index contributed by atoms with van der Waals surface area (Å²) in [5.41, 5.74) is -0.952. The second-order valence-electron chi connectivity index (χ2n) is 11.3. The van der Waals surface area contributed by atoms with Crippen molar-refractivity contribution < 1.29 is 29.0 Å². The molecule has 3 unspecified atom stereocenters. The second-order valence-corrected chi connectivity index (χ2v) is 11.3. The molecule has 0 aromatic heterocycles. The fourth-order valence-corrected chi connectivity index (χ4v) is 7.07. The van der Waals surface area contributed by atoms with E-state index in [1.165, 1.54) is 0 Å². The number of aliphatic hydroxyl groups is 1. The van der Waals surface area contributed by atoms with Gasteiger partial charge in [0.1, 0.15) is 11.6 Å². The van der Waals surface area contributed by atoms with Gasteiger partial charge in [-0.3, -0.25) is 19.3 Å². The van der Waals surface area contributed by atoms with E-state index in [1.54, 1.807) is 4.90 Å². The minimum absolute atomic E-state index is 0.0135. The van der Waals surface area contributed by atoms with Gasteiger partial charge in [-0.1, -0.05) is 37.3 Å². The van der Waals surface area contributed by atoms with E-state index in [9.17, 15) is 19.5 Å².